The molecule has 8 heteroatoms. The Hall–Kier alpha value is -2.22. The van der Waals surface area contributed by atoms with Gasteiger partial charge < -0.3 is 15.0 Å². The lowest BCUT2D eigenvalue weighted by Crippen LogP contribution is -2.43. The van der Waals surface area contributed by atoms with Gasteiger partial charge in [-0.05, 0) is 72.4 Å². The number of aromatic nitrogens is 2. The van der Waals surface area contributed by atoms with Crippen LogP contribution in [0.15, 0.2) is 4.99 Å². The van der Waals surface area contributed by atoms with E-state index in [0.29, 0.717) is 25.4 Å². The number of nitrogens with one attached hydrogen (secondary N) is 1. The summed E-state index contributed by atoms with van der Waals surface area (Å²) in [5.41, 5.74) is 2.53. The summed E-state index contributed by atoms with van der Waals surface area (Å²) in [6, 6.07) is 0. The van der Waals surface area contributed by atoms with E-state index in [1.807, 2.05) is 27.7 Å². The van der Waals surface area contributed by atoms with E-state index in [0.717, 1.165) is 61.6 Å². The van der Waals surface area contributed by atoms with Crippen LogP contribution in [-0.2, 0) is 4.74 Å². The lowest BCUT2D eigenvalue weighted by Gasteiger charge is -2.34. The number of carbonyl (C=O) groups excluding carboxylic acids is 2. The fourth-order valence-corrected chi connectivity index (χ4v) is 4.76. The number of amides is 1. The molecular formula is C22H33N5O3. The van der Waals surface area contributed by atoms with Crippen molar-refractivity contribution in [2.75, 3.05) is 26.2 Å². The first-order valence-corrected chi connectivity index (χ1v) is 11.1. The molecule has 0 bridgehead atoms. The normalized spacial score (nSPS) is 21.4. The quantitative estimate of drug-likeness (QED) is 0.799. The molecule has 30 heavy (non-hydrogen) atoms. The zero-order valence-electron chi connectivity index (χ0n) is 18.5. The molecule has 1 amide bonds. The average Bonchev–Trinajstić information content (AvgIpc) is 3.04. The van der Waals surface area contributed by atoms with Crippen LogP contribution in [0.5, 0.6) is 0 Å². The fraction of sp³-hybridized carbons (Fsp3) is 0.727. The van der Waals surface area contributed by atoms with Gasteiger partial charge in [0, 0.05) is 30.3 Å². The number of rotatable bonds is 2. The summed E-state index contributed by atoms with van der Waals surface area (Å²) in [5, 5.41) is 7.93. The Morgan fingerprint density at radius 3 is 2.40 bits per heavy atom. The highest BCUT2D eigenvalue weighted by Gasteiger charge is 2.34. The molecule has 1 aromatic rings. The van der Waals surface area contributed by atoms with Crippen molar-refractivity contribution in [2.45, 2.75) is 71.3 Å². The maximum atomic E-state index is 12.8. The minimum atomic E-state index is -0.491. The van der Waals surface area contributed by atoms with E-state index in [1.54, 1.807) is 4.90 Å². The molecule has 164 valence electrons. The van der Waals surface area contributed by atoms with Gasteiger partial charge in [-0.25, -0.2) is 9.79 Å². The predicted octanol–water partition coefficient (Wildman–Crippen LogP) is 3.42. The molecule has 0 unspecified atom stereocenters. The van der Waals surface area contributed by atoms with E-state index < -0.39 is 5.60 Å². The van der Waals surface area contributed by atoms with Gasteiger partial charge in [0.25, 0.3) is 5.91 Å². The Kier molecular flexibility index (Phi) is 5.70. The molecule has 3 aliphatic heterocycles. The molecule has 4 rings (SSSR count). The second kappa shape index (κ2) is 8.13. The van der Waals surface area contributed by atoms with Gasteiger partial charge in [-0.3, -0.25) is 4.79 Å². The maximum absolute atomic E-state index is 12.8. The summed E-state index contributed by atoms with van der Waals surface area (Å²) in [7, 11) is 0. The second-order valence-corrected chi connectivity index (χ2v) is 9.67. The third-order valence-electron chi connectivity index (χ3n) is 6.26. The van der Waals surface area contributed by atoms with E-state index in [4.69, 9.17) is 9.73 Å². The first-order chi connectivity index (χ1) is 14.2. The van der Waals surface area contributed by atoms with Crippen LogP contribution in [0.3, 0.4) is 0 Å². The van der Waals surface area contributed by atoms with Crippen LogP contribution in [0.25, 0.3) is 0 Å². The van der Waals surface area contributed by atoms with Gasteiger partial charge in [-0.2, -0.15) is 9.78 Å². The highest BCUT2D eigenvalue weighted by Crippen LogP contribution is 2.38. The number of aliphatic imine (C=N–C) groups is 1. The Morgan fingerprint density at radius 1 is 1.10 bits per heavy atom. The predicted molar refractivity (Wildman–Crippen MR) is 115 cm³/mol. The number of carbonyl (C=O) groups is 2. The van der Waals surface area contributed by atoms with Crippen molar-refractivity contribution in [2.24, 2.45) is 10.9 Å². The monoisotopic (exact) mass is 415 g/mol. The van der Waals surface area contributed by atoms with Crippen molar-refractivity contribution < 1.29 is 14.3 Å². The maximum Gasteiger partial charge on any atom is 0.410 e. The topological polar surface area (TPSA) is 88.8 Å². The number of nitrogens with zero attached hydrogens (tertiary/aromatic N) is 4. The highest BCUT2D eigenvalue weighted by atomic mass is 16.6. The van der Waals surface area contributed by atoms with Crippen molar-refractivity contribution in [3.05, 3.63) is 11.3 Å². The number of ether oxygens (including phenoxy) is 1. The van der Waals surface area contributed by atoms with Gasteiger partial charge in [0.05, 0.1) is 12.1 Å². The molecule has 1 aromatic heterocycles. The summed E-state index contributed by atoms with van der Waals surface area (Å²) < 4.78 is 7.01. The molecule has 0 spiro atoms. The number of aryl methyl sites for hydroxylation is 1. The zero-order chi connectivity index (χ0) is 21.5. The van der Waals surface area contributed by atoms with Gasteiger partial charge in [-0.15, -0.1) is 0 Å². The first-order valence-electron chi connectivity index (χ1n) is 11.1. The van der Waals surface area contributed by atoms with Gasteiger partial charge in [0.2, 0.25) is 0 Å². The average molecular weight is 416 g/mol. The summed E-state index contributed by atoms with van der Waals surface area (Å²) in [5.74, 6) is 1.38. The van der Waals surface area contributed by atoms with Crippen LogP contribution < -0.4 is 5.32 Å². The van der Waals surface area contributed by atoms with Crippen molar-refractivity contribution in [1.82, 2.24) is 20.0 Å². The standard InChI is InChI=1S/C22H33N5O3/c1-14-19(16-5-9-23-10-6-16)20-24-17(13-18(28)27(20)25-14)15-7-11-26(12-8-15)21(29)30-22(2,3)4/h15-16,23H,5-13H2,1-4H3. The van der Waals surface area contributed by atoms with Crippen LogP contribution in [0.1, 0.15) is 74.8 Å². The molecular weight excluding hydrogens is 382 g/mol. The third-order valence-corrected chi connectivity index (χ3v) is 6.26. The first kappa shape index (κ1) is 21.0. The van der Waals surface area contributed by atoms with Crippen molar-refractivity contribution in [3.8, 4) is 0 Å². The van der Waals surface area contributed by atoms with Crippen molar-refractivity contribution in [1.29, 1.82) is 0 Å². The number of hydrogen-bond acceptors (Lipinski definition) is 6. The lowest BCUT2D eigenvalue weighted by atomic mass is 9.88. The van der Waals surface area contributed by atoms with Crippen LogP contribution in [-0.4, -0.2) is 64.2 Å². The molecule has 2 fully saturated rings. The van der Waals surface area contributed by atoms with Gasteiger partial charge in [0.15, 0.2) is 5.82 Å². The Bertz CT molecular complexity index is 853. The second-order valence-electron chi connectivity index (χ2n) is 9.67. The Labute approximate surface area is 178 Å². The van der Waals surface area contributed by atoms with Crippen LogP contribution in [0.2, 0.25) is 0 Å². The molecule has 0 radical (unpaired) electrons. The number of fused-ring (bicyclic) bond motifs is 1. The smallest absolute Gasteiger partial charge is 0.410 e. The fourth-order valence-electron chi connectivity index (χ4n) is 4.76. The Balaban J connectivity index is 1.50. The van der Waals surface area contributed by atoms with Gasteiger partial charge in [-0.1, -0.05) is 0 Å². The number of likely N-dealkylation sites (tertiary alicyclic amines) is 1. The molecule has 1 N–H and O–H groups in total. The SMILES string of the molecule is Cc1nn2c(c1C1CCNCC1)N=C(C1CCN(C(=O)OC(C)(C)C)CC1)CC2=O. The number of hydrogen-bond donors (Lipinski definition) is 1. The lowest BCUT2D eigenvalue weighted by molar-refractivity contribution is 0.0200. The minimum absolute atomic E-state index is 0.00727. The number of piperidine rings is 2. The summed E-state index contributed by atoms with van der Waals surface area (Å²) in [6.45, 7) is 10.9. The van der Waals surface area contributed by atoms with Crippen LogP contribution >= 0.6 is 0 Å². The van der Waals surface area contributed by atoms with Crippen LogP contribution in [0.4, 0.5) is 10.6 Å². The van der Waals surface area contributed by atoms with E-state index in [9.17, 15) is 9.59 Å². The minimum Gasteiger partial charge on any atom is -0.444 e. The highest BCUT2D eigenvalue weighted by molar-refractivity contribution is 6.07. The molecule has 3 aliphatic rings. The molecule has 0 aromatic carbocycles. The van der Waals surface area contributed by atoms with E-state index in [1.165, 1.54) is 4.68 Å². The molecule has 4 heterocycles. The summed E-state index contributed by atoms with van der Waals surface area (Å²) in [4.78, 5) is 31.9. The summed E-state index contributed by atoms with van der Waals surface area (Å²) in [6.07, 6.45) is 3.77. The molecule has 0 atom stereocenters. The molecule has 8 nitrogen and oxygen atoms in total. The molecule has 0 aliphatic carbocycles. The van der Waals surface area contributed by atoms with Crippen molar-refractivity contribution in [3.63, 3.8) is 0 Å². The van der Waals surface area contributed by atoms with E-state index in [2.05, 4.69) is 10.4 Å². The Morgan fingerprint density at radius 2 is 1.77 bits per heavy atom. The largest absolute Gasteiger partial charge is 0.444 e. The van der Waals surface area contributed by atoms with Crippen molar-refractivity contribution >= 4 is 23.5 Å². The molecule has 2 saturated heterocycles. The van der Waals surface area contributed by atoms with Crippen LogP contribution in [0, 0.1) is 12.8 Å². The van der Waals surface area contributed by atoms with Gasteiger partial charge in [0.1, 0.15) is 5.60 Å². The van der Waals surface area contributed by atoms with E-state index in [-0.39, 0.29) is 17.9 Å². The van der Waals surface area contributed by atoms with Gasteiger partial charge >= 0.3 is 6.09 Å². The zero-order valence-corrected chi connectivity index (χ0v) is 18.5. The molecule has 0 saturated carbocycles. The van der Waals surface area contributed by atoms with E-state index >= 15 is 0 Å². The third kappa shape index (κ3) is 4.29. The summed E-state index contributed by atoms with van der Waals surface area (Å²) >= 11 is 0.